The van der Waals surface area contributed by atoms with Gasteiger partial charge in [-0.25, -0.2) is 9.97 Å². The highest BCUT2D eigenvalue weighted by Crippen LogP contribution is 2.34. The van der Waals surface area contributed by atoms with E-state index in [0.29, 0.717) is 11.2 Å². The molecule has 7 nitrogen and oxygen atoms in total. The van der Waals surface area contributed by atoms with Crippen molar-refractivity contribution in [1.82, 2.24) is 18.9 Å². The minimum atomic E-state index is -0.552. The molecule has 4 heterocycles. The first-order valence-corrected chi connectivity index (χ1v) is 10.3. The number of aromatic nitrogens is 4. The van der Waals surface area contributed by atoms with Crippen LogP contribution in [0.4, 0.5) is 5.82 Å². The summed E-state index contributed by atoms with van der Waals surface area (Å²) in [6.07, 6.45) is 4.80. The molecule has 0 saturated carbocycles. The maximum atomic E-state index is 10.8. The van der Waals surface area contributed by atoms with Gasteiger partial charge in [-0.05, 0) is 49.4 Å². The van der Waals surface area contributed by atoms with Gasteiger partial charge in [-0.15, -0.1) is 0 Å². The summed E-state index contributed by atoms with van der Waals surface area (Å²) >= 11 is 0. The van der Waals surface area contributed by atoms with Crippen LogP contribution in [-0.4, -0.2) is 37.1 Å². The third-order valence-electron chi connectivity index (χ3n) is 6.30. The predicted octanol–water partition coefficient (Wildman–Crippen LogP) is 3.35. The number of rotatable bonds is 3. The Labute approximate surface area is 174 Å². The van der Waals surface area contributed by atoms with Crippen LogP contribution in [0.3, 0.4) is 0 Å². The molecule has 152 valence electrons. The molecule has 0 bridgehead atoms. The second kappa shape index (κ2) is 7.15. The van der Waals surface area contributed by atoms with Crippen LogP contribution in [0.5, 0.6) is 0 Å². The molecule has 0 amide bonds. The number of aliphatic hydroxyl groups excluding tert-OH is 1. The Morgan fingerprint density at radius 3 is 2.70 bits per heavy atom. The highest BCUT2D eigenvalue weighted by atomic mass is 16.3. The zero-order valence-corrected chi connectivity index (χ0v) is 17.2. The number of hydrogen-bond acceptors (Lipinski definition) is 5. The summed E-state index contributed by atoms with van der Waals surface area (Å²) in [4.78, 5) is 11.4. The third kappa shape index (κ3) is 2.84. The molecule has 1 atom stereocenters. The number of benzene rings is 1. The number of hydrogen-bond donors (Lipinski definition) is 1. The van der Waals surface area contributed by atoms with Gasteiger partial charge in [0.25, 0.3) is 0 Å². The summed E-state index contributed by atoms with van der Waals surface area (Å²) in [7, 11) is 1.92. The molecule has 1 unspecified atom stereocenters. The minimum absolute atomic E-state index is 0.178. The Balaban J connectivity index is 1.50. The standard InChI is InChI=1S/C23H24N6O/c1-15-13-20(29-19-6-4-3-5-18(19)26-22(29)17(15)14-24)28-10-7-16(8-11-28)21(30)23-25-9-12-27(23)2/h3-6,9,12-13,16,21,30H,7-8,10-11H2,1-2H3. The lowest BCUT2D eigenvalue weighted by molar-refractivity contribution is 0.0824. The van der Waals surface area contributed by atoms with Crippen LogP contribution < -0.4 is 4.90 Å². The summed E-state index contributed by atoms with van der Waals surface area (Å²) in [5.41, 5.74) is 4.17. The first-order valence-electron chi connectivity index (χ1n) is 10.3. The van der Waals surface area contributed by atoms with E-state index in [2.05, 4.69) is 26.4 Å². The summed E-state index contributed by atoms with van der Waals surface area (Å²) < 4.78 is 4.00. The molecule has 0 aliphatic carbocycles. The van der Waals surface area contributed by atoms with E-state index in [1.807, 2.05) is 49.0 Å². The molecule has 1 aliphatic rings. The van der Waals surface area contributed by atoms with Gasteiger partial charge in [-0.2, -0.15) is 5.26 Å². The summed E-state index contributed by atoms with van der Waals surface area (Å²) in [6, 6.07) is 12.4. The number of piperidine rings is 1. The molecule has 30 heavy (non-hydrogen) atoms. The van der Waals surface area contributed by atoms with Crippen molar-refractivity contribution in [2.75, 3.05) is 18.0 Å². The number of aliphatic hydroxyl groups is 1. The van der Waals surface area contributed by atoms with Gasteiger partial charge in [0.2, 0.25) is 0 Å². The Morgan fingerprint density at radius 2 is 2.00 bits per heavy atom. The maximum Gasteiger partial charge on any atom is 0.157 e. The Morgan fingerprint density at radius 1 is 1.23 bits per heavy atom. The molecular formula is C23H24N6O. The Bertz CT molecular complexity index is 1270. The monoisotopic (exact) mass is 400 g/mol. The number of pyridine rings is 1. The second-order valence-electron chi connectivity index (χ2n) is 8.10. The van der Waals surface area contributed by atoms with Crippen molar-refractivity contribution in [3.63, 3.8) is 0 Å². The average Bonchev–Trinajstić information content (AvgIpc) is 3.36. The van der Waals surface area contributed by atoms with E-state index in [9.17, 15) is 10.4 Å². The fraction of sp³-hybridized carbons (Fsp3) is 0.348. The van der Waals surface area contributed by atoms with Crippen molar-refractivity contribution in [3.8, 4) is 6.07 Å². The summed E-state index contributed by atoms with van der Waals surface area (Å²) in [6.45, 7) is 3.64. The van der Waals surface area contributed by atoms with Gasteiger partial charge in [0.05, 0.1) is 16.6 Å². The normalized spacial score (nSPS) is 16.3. The molecule has 5 rings (SSSR count). The molecule has 1 saturated heterocycles. The number of para-hydroxylation sites is 2. The minimum Gasteiger partial charge on any atom is -0.385 e. The third-order valence-corrected chi connectivity index (χ3v) is 6.30. The van der Waals surface area contributed by atoms with Gasteiger partial charge in [0, 0.05) is 32.5 Å². The van der Waals surface area contributed by atoms with Crippen LogP contribution in [0.1, 0.15) is 35.9 Å². The number of imidazole rings is 2. The van der Waals surface area contributed by atoms with E-state index in [0.717, 1.165) is 54.2 Å². The molecule has 1 N–H and O–H groups in total. The first-order chi connectivity index (χ1) is 14.6. The lowest BCUT2D eigenvalue weighted by atomic mass is 9.90. The van der Waals surface area contributed by atoms with Crippen LogP contribution >= 0.6 is 0 Å². The van der Waals surface area contributed by atoms with Crippen LogP contribution in [0.25, 0.3) is 16.7 Å². The highest BCUT2D eigenvalue weighted by molar-refractivity contribution is 5.85. The molecule has 1 aromatic carbocycles. The fourth-order valence-corrected chi connectivity index (χ4v) is 4.62. The SMILES string of the molecule is Cc1cc(N2CCC(C(O)c3nccn3C)CC2)n2c(nc3ccccc32)c1C#N. The maximum absolute atomic E-state index is 10.8. The quantitative estimate of drug-likeness (QED) is 0.570. The number of anilines is 1. The molecule has 3 aromatic heterocycles. The van der Waals surface area contributed by atoms with E-state index in [4.69, 9.17) is 4.98 Å². The molecule has 1 aliphatic heterocycles. The lowest BCUT2D eigenvalue weighted by Crippen LogP contribution is -2.37. The van der Waals surface area contributed by atoms with Crippen molar-refractivity contribution >= 4 is 22.5 Å². The van der Waals surface area contributed by atoms with Crippen LogP contribution in [0.15, 0.2) is 42.7 Å². The molecule has 7 heteroatoms. The van der Waals surface area contributed by atoms with Crippen LogP contribution in [-0.2, 0) is 7.05 Å². The van der Waals surface area contributed by atoms with Gasteiger partial charge in [-0.3, -0.25) is 4.40 Å². The number of nitriles is 1. The number of aryl methyl sites for hydroxylation is 2. The molecule has 4 aromatic rings. The zero-order chi connectivity index (χ0) is 20.8. The van der Waals surface area contributed by atoms with Crippen molar-refractivity contribution in [1.29, 1.82) is 5.26 Å². The predicted molar refractivity (Wildman–Crippen MR) is 115 cm³/mol. The van der Waals surface area contributed by atoms with Crippen LogP contribution in [0.2, 0.25) is 0 Å². The average molecular weight is 400 g/mol. The van der Waals surface area contributed by atoms with E-state index >= 15 is 0 Å². The van der Waals surface area contributed by atoms with E-state index < -0.39 is 6.10 Å². The van der Waals surface area contributed by atoms with Crippen LogP contribution in [0, 0.1) is 24.2 Å². The summed E-state index contributed by atoms with van der Waals surface area (Å²) in [5.74, 6) is 1.96. The van der Waals surface area contributed by atoms with Crippen molar-refractivity contribution in [3.05, 3.63) is 59.7 Å². The largest absolute Gasteiger partial charge is 0.385 e. The van der Waals surface area contributed by atoms with Crippen molar-refractivity contribution < 1.29 is 5.11 Å². The Kier molecular flexibility index (Phi) is 4.44. The molecule has 1 fully saturated rings. The smallest absolute Gasteiger partial charge is 0.157 e. The molecule has 0 spiro atoms. The van der Waals surface area contributed by atoms with Gasteiger partial charge >= 0.3 is 0 Å². The Hall–Kier alpha value is -3.37. The zero-order valence-electron chi connectivity index (χ0n) is 17.2. The van der Waals surface area contributed by atoms with Crippen molar-refractivity contribution in [2.45, 2.75) is 25.9 Å². The van der Waals surface area contributed by atoms with Gasteiger partial charge in [0.1, 0.15) is 23.8 Å². The lowest BCUT2D eigenvalue weighted by Gasteiger charge is -2.36. The van der Waals surface area contributed by atoms with E-state index in [1.54, 1.807) is 6.20 Å². The van der Waals surface area contributed by atoms with E-state index in [1.165, 1.54) is 0 Å². The fourth-order valence-electron chi connectivity index (χ4n) is 4.62. The topological polar surface area (TPSA) is 82.4 Å². The van der Waals surface area contributed by atoms with Crippen molar-refractivity contribution in [2.24, 2.45) is 13.0 Å². The summed E-state index contributed by atoms with van der Waals surface area (Å²) in [5, 5.41) is 20.5. The molecule has 0 radical (unpaired) electrons. The second-order valence-corrected chi connectivity index (χ2v) is 8.10. The highest BCUT2D eigenvalue weighted by Gasteiger charge is 2.30. The number of nitrogens with zero attached hydrogens (tertiary/aromatic N) is 6. The first kappa shape index (κ1) is 18.6. The van der Waals surface area contributed by atoms with Gasteiger partial charge < -0.3 is 14.6 Å². The van der Waals surface area contributed by atoms with Gasteiger partial charge in [0.15, 0.2) is 5.65 Å². The van der Waals surface area contributed by atoms with Gasteiger partial charge in [-0.1, -0.05) is 12.1 Å². The number of fused-ring (bicyclic) bond motifs is 3. The molecular weight excluding hydrogens is 376 g/mol. The van der Waals surface area contributed by atoms with E-state index in [-0.39, 0.29) is 5.92 Å².